The fraction of sp³-hybridized carbons (Fsp3) is 0. The van der Waals surface area contributed by atoms with Crippen molar-refractivity contribution in [2.24, 2.45) is 0 Å². The van der Waals surface area contributed by atoms with Crippen LogP contribution >= 0.6 is 22.7 Å². The summed E-state index contributed by atoms with van der Waals surface area (Å²) in [5.41, 5.74) is 9.45. The zero-order valence-electron chi connectivity index (χ0n) is 31.5. The molecule has 8 aromatic carbocycles. The number of thiophene rings is 2. The number of para-hydroxylation sites is 3. The molecule has 0 aliphatic rings. The van der Waals surface area contributed by atoms with Crippen LogP contribution in [0, 0.1) is 0 Å². The van der Waals surface area contributed by atoms with E-state index in [1.54, 1.807) is 22.7 Å². The van der Waals surface area contributed by atoms with E-state index < -0.39 is 0 Å². The number of imidazole rings is 1. The molecule has 0 bridgehead atoms. The average Bonchev–Trinajstić information content (AvgIpc) is 4.01. The zero-order chi connectivity index (χ0) is 38.9. The summed E-state index contributed by atoms with van der Waals surface area (Å²) in [5, 5.41) is 4.86. The fourth-order valence-electron chi connectivity index (χ4n) is 8.31. The summed E-state index contributed by atoms with van der Waals surface area (Å²) < 4.78 is 7.05. The lowest BCUT2D eigenvalue weighted by atomic mass is 10.00. The highest BCUT2D eigenvalue weighted by molar-refractivity contribution is 7.26. The summed E-state index contributed by atoms with van der Waals surface area (Å²) >= 11 is 3.57. The molecule has 4 heterocycles. The Balaban J connectivity index is 0.995. The van der Waals surface area contributed by atoms with Gasteiger partial charge in [-0.2, -0.15) is 0 Å². The number of aromatic nitrogens is 5. The second kappa shape index (κ2) is 13.7. The van der Waals surface area contributed by atoms with Crippen molar-refractivity contribution in [3.05, 3.63) is 188 Å². The van der Waals surface area contributed by atoms with Gasteiger partial charge in [0, 0.05) is 68.3 Å². The summed E-state index contributed by atoms with van der Waals surface area (Å²) in [6.45, 7) is 0. The van der Waals surface area contributed by atoms with Gasteiger partial charge in [-0.3, -0.25) is 4.57 Å². The Labute approximate surface area is 347 Å². The van der Waals surface area contributed by atoms with Crippen LogP contribution in [0.3, 0.4) is 0 Å². The van der Waals surface area contributed by atoms with E-state index in [0.29, 0.717) is 17.5 Å². The van der Waals surface area contributed by atoms with Gasteiger partial charge < -0.3 is 0 Å². The number of benzene rings is 8. The Kier molecular flexibility index (Phi) is 7.82. The van der Waals surface area contributed by atoms with Gasteiger partial charge in [0.25, 0.3) is 0 Å². The molecule has 5 nitrogen and oxygen atoms in total. The van der Waals surface area contributed by atoms with Crippen LogP contribution < -0.4 is 0 Å². The minimum atomic E-state index is 0.657. The van der Waals surface area contributed by atoms with E-state index >= 15 is 0 Å². The highest BCUT2D eigenvalue weighted by atomic mass is 32.1. The molecule has 7 heteroatoms. The van der Waals surface area contributed by atoms with Crippen LogP contribution in [-0.4, -0.2) is 24.5 Å². The first-order valence-corrected chi connectivity index (χ1v) is 21.2. The number of rotatable bonds is 6. The normalized spacial score (nSPS) is 11.7. The van der Waals surface area contributed by atoms with Crippen LogP contribution in [0.15, 0.2) is 188 Å². The molecule has 0 spiro atoms. The highest BCUT2D eigenvalue weighted by Crippen LogP contribution is 2.43. The molecule has 0 fully saturated rings. The van der Waals surface area contributed by atoms with Crippen molar-refractivity contribution in [3.63, 3.8) is 0 Å². The first kappa shape index (κ1) is 33.8. The average molecular weight is 790 g/mol. The Morgan fingerprint density at radius 1 is 0.356 bits per heavy atom. The summed E-state index contributed by atoms with van der Waals surface area (Å²) in [6.07, 6.45) is 0. The second-order valence-electron chi connectivity index (χ2n) is 14.6. The summed E-state index contributed by atoms with van der Waals surface area (Å²) in [6, 6.07) is 66.1. The predicted molar refractivity (Wildman–Crippen MR) is 247 cm³/mol. The summed E-state index contributed by atoms with van der Waals surface area (Å²) in [7, 11) is 0. The van der Waals surface area contributed by atoms with Gasteiger partial charge in [0.1, 0.15) is 5.82 Å². The number of hydrogen-bond donors (Lipinski definition) is 0. The second-order valence-corrected chi connectivity index (χ2v) is 16.7. The van der Waals surface area contributed by atoms with Crippen LogP contribution in [-0.2, 0) is 0 Å². The summed E-state index contributed by atoms with van der Waals surface area (Å²) in [4.78, 5) is 20.7. The molecule has 12 rings (SSSR count). The van der Waals surface area contributed by atoms with Gasteiger partial charge in [-0.25, -0.2) is 19.9 Å². The van der Waals surface area contributed by atoms with Crippen molar-refractivity contribution < 1.29 is 0 Å². The van der Waals surface area contributed by atoms with Crippen LogP contribution in [0.25, 0.3) is 114 Å². The SMILES string of the molecule is c1ccc(-c2nc(-c3cccc4c3sc3ccccc34)nc(-c3cccc4c3sc3ccc(-c5cccc(-c6nc7ccccc7n6-c6ccccc6)c5)cc34)n2)cc1. The van der Waals surface area contributed by atoms with Crippen molar-refractivity contribution in [2.45, 2.75) is 0 Å². The maximum absolute atomic E-state index is 5.27. The molecule has 4 aromatic heterocycles. The maximum Gasteiger partial charge on any atom is 0.165 e. The predicted octanol–water partition coefficient (Wildman–Crippen LogP) is 14.3. The largest absolute Gasteiger partial charge is 0.292 e. The molecule has 0 unspecified atom stereocenters. The number of nitrogens with zero attached hydrogens (tertiary/aromatic N) is 5. The monoisotopic (exact) mass is 789 g/mol. The summed E-state index contributed by atoms with van der Waals surface area (Å²) in [5.74, 6) is 2.91. The van der Waals surface area contributed by atoms with Gasteiger partial charge >= 0.3 is 0 Å². The van der Waals surface area contributed by atoms with E-state index in [9.17, 15) is 0 Å². The third kappa shape index (κ3) is 5.66. The van der Waals surface area contributed by atoms with E-state index in [-0.39, 0.29) is 0 Å². The molecule has 276 valence electrons. The van der Waals surface area contributed by atoms with Gasteiger partial charge in [-0.15, -0.1) is 22.7 Å². The molecule has 0 saturated heterocycles. The third-order valence-corrected chi connectivity index (χ3v) is 13.5. The fourth-order valence-corrected chi connectivity index (χ4v) is 10.7. The Morgan fingerprint density at radius 3 is 1.69 bits per heavy atom. The van der Waals surface area contributed by atoms with Crippen LogP contribution in [0.5, 0.6) is 0 Å². The lowest BCUT2D eigenvalue weighted by molar-refractivity contribution is 1.08. The first-order chi connectivity index (χ1) is 29.2. The molecule has 0 amide bonds. The van der Waals surface area contributed by atoms with Crippen LogP contribution in [0.2, 0.25) is 0 Å². The minimum absolute atomic E-state index is 0.657. The topological polar surface area (TPSA) is 56.5 Å². The van der Waals surface area contributed by atoms with Crippen molar-refractivity contribution in [2.75, 3.05) is 0 Å². The van der Waals surface area contributed by atoms with E-state index in [0.717, 1.165) is 60.6 Å². The molecule has 59 heavy (non-hydrogen) atoms. The molecule has 0 aliphatic heterocycles. The van der Waals surface area contributed by atoms with Gasteiger partial charge in [0.2, 0.25) is 0 Å². The van der Waals surface area contributed by atoms with E-state index in [1.807, 2.05) is 30.3 Å². The van der Waals surface area contributed by atoms with Crippen molar-refractivity contribution in [3.8, 4) is 62.4 Å². The number of hydrogen-bond acceptors (Lipinski definition) is 6. The minimum Gasteiger partial charge on any atom is -0.292 e. The van der Waals surface area contributed by atoms with Crippen LogP contribution in [0.4, 0.5) is 0 Å². The molecule has 0 N–H and O–H groups in total. The lowest BCUT2D eigenvalue weighted by Gasteiger charge is -2.11. The molecule has 12 aromatic rings. The van der Waals surface area contributed by atoms with E-state index in [2.05, 4.69) is 162 Å². The first-order valence-electron chi connectivity index (χ1n) is 19.5. The quantitative estimate of drug-likeness (QED) is 0.168. The molecule has 0 atom stereocenters. The van der Waals surface area contributed by atoms with Crippen LogP contribution in [0.1, 0.15) is 0 Å². The molecule has 0 aliphatic carbocycles. The highest BCUT2D eigenvalue weighted by Gasteiger charge is 2.20. The Bertz CT molecular complexity index is 3570. The lowest BCUT2D eigenvalue weighted by Crippen LogP contribution is -2.00. The molecular weight excluding hydrogens is 759 g/mol. The van der Waals surface area contributed by atoms with E-state index in [1.165, 1.54) is 35.6 Å². The maximum atomic E-state index is 5.27. The number of fused-ring (bicyclic) bond motifs is 7. The van der Waals surface area contributed by atoms with Crippen molar-refractivity contribution >= 4 is 74.1 Å². The van der Waals surface area contributed by atoms with E-state index in [4.69, 9.17) is 19.9 Å². The van der Waals surface area contributed by atoms with Gasteiger partial charge in [0.05, 0.1) is 11.0 Å². The third-order valence-electron chi connectivity index (χ3n) is 11.1. The molecular formula is C52H31N5S2. The molecule has 0 radical (unpaired) electrons. The van der Waals surface area contributed by atoms with Gasteiger partial charge in [-0.05, 0) is 71.8 Å². The molecule has 0 saturated carbocycles. The standard InChI is InChI=1S/C52H31N5S2/c1-3-14-32(15-4-1)49-54-50(40-23-12-21-38-37-20-7-10-27-45(37)58-47(38)40)56-51(55-49)41-24-13-22-39-42-31-34(28-29-46(42)59-48(39)41)33-16-11-17-35(30-33)52-53-43-25-8-9-26-44(43)57(52)36-18-5-2-6-19-36/h1-31H. The van der Waals surface area contributed by atoms with Crippen molar-refractivity contribution in [1.29, 1.82) is 0 Å². The smallest absolute Gasteiger partial charge is 0.165 e. The van der Waals surface area contributed by atoms with Crippen molar-refractivity contribution in [1.82, 2.24) is 24.5 Å². The Morgan fingerprint density at radius 2 is 0.915 bits per heavy atom. The van der Waals surface area contributed by atoms with Gasteiger partial charge in [-0.1, -0.05) is 127 Å². The van der Waals surface area contributed by atoms with Gasteiger partial charge in [0.15, 0.2) is 17.5 Å². The Hall–Kier alpha value is -7.32. The zero-order valence-corrected chi connectivity index (χ0v) is 33.1.